The molecule has 2 heterocycles. The fourth-order valence-corrected chi connectivity index (χ4v) is 11.8. The van der Waals surface area contributed by atoms with Gasteiger partial charge < -0.3 is 59.4 Å². The largest absolute Gasteiger partial charge is 0.497 e. The monoisotopic (exact) mass is 760 g/mol. The smallest absolute Gasteiger partial charge is 0.187 e. The summed E-state index contributed by atoms with van der Waals surface area (Å²) in [7, 11) is 1.69. The molecule has 5 fully saturated rings. The van der Waals surface area contributed by atoms with E-state index in [0.717, 1.165) is 37.9 Å². The number of aryl methyl sites for hydroxylation is 1. The van der Waals surface area contributed by atoms with E-state index in [1.165, 1.54) is 16.7 Å². The molecule has 302 valence electrons. The first-order valence-electron chi connectivity index (χ1n) is 19.7. The summed E-state index contributed by atoms with van der Waals surface area (Å²) in [6.45, 7) is 7.37. The Hall–Kier alpha value is -2.01. The van der Waals surface area contributed by atoms with Crippen molar-refractivity contribution in [2.75, 3.05) is 20.3 Å². The number of aliphatic hydroxyl groups excluding tert-OH is 7. The minimum Gasteiger partial charge on any atom is -0.497 e. The van der Waals surface area contributed by atoms with Crippen molar-refractivity contribution in [2.45, 2.75) is 146 Å². The Kier molecular flexibility index (Phi) is 11.5. The van der Waals surface area contributed by atoms with Gasteiger partial charge in [-0.05, 0) is 117 Å². The van der Waals surface area contributed by atoms with E-state index in [0.29, 0.717) is 30.6 Å². The van der Waals surface area contributed by atoms with Gasteiger partial charge in [-0.3, -0.25) is 4.79 Å². The van der Waals surface area contributed by atoms with Crippen LogP contribution in [0, 0.1) is 41.4 Å². The van der Waals surface area contributed by atoms with Gasteiger partial charge in [0.2, 0.25) is 0 Å². The zero-order chi connectivity index (χ0) is 38.9. The normalized spacial score (nSPS) is 47.6. The number of Topliss-reactive ketones (excluding diaryl/α,β-unsaturated/α-hetero) is 1. The molecule has 13 heteroatoms. The quantitative estimate of drug-likeness (QED) is 0.180. The van der Waals surface area contributed by atoms with Gasteiger partial charge in [0, 0.05) is 5.92 Å². The standard InChI is InChI=1S/C41H60O13/c1-19-6-8-22(50-5)15-25(19)26-16-28-24-9-7-21-14-23(10-12-40(21,3)27(24)11-13-41(28,4)31(26)20(2)44)51-38-36(49)34(47)37(30(18-43)53-38)54-39-35(48)33(46)32(45)29(17-42)52-39/h6-8,15,23-24,26-39,42-43,45-49H,9-14,16-18H2,1-5H3/t23?,24?,26?,27?,28?,29-,30-,31?,32-,33+,34-,35-,36-,37-,38?,39-,40?,41?/m1/s1. The second-order valence-electron chi connectivity index (χ2n) is 17.5. The zero-order valence-electron chi connectivity index (χ0n) is 32.0. The molecule has 9 unspecified atom stereocenters. The maximum absolute atomic E-state index is 13.5. The third-order valence-corrected chi connectivity index (χ3v) is 14.7. The summed E-state index contributed by atoms with van der Waals surface area (Å²) in [6, 6.07) is 6.23. The number of carbonyl (C=O) groups excluding carboxylic acids is 1. The van der Waals surface area contributed by atoms with Crippen LogP contribution in [0.25, 0.3) is 0 Å². The first-order valence-corrected chi connectivity index (χ1v) is 19.7. The summed E-state index contributed by atoms with van der Waals surface area (Å²) >= 11 is 0. The summed E-state index contributed by atoms with van der Waals surface area (Å²) in [4.78, 5) is 13.5. The van der Waals surface area contributed by atoms with Crippen LogP contribution in [0.2, 0.25) is 0 Å². The summed E-state index contributed by atoms with van der Waals surface area (Å²) < 4.78 is 29.0. The number of carbonyl (C=O) groups is 1. The number of rotatable bonds is 9. The highest BCUT2D eigenvalue weighted by atomic mass is 16.7. The van der Waals surface area contributed by atoms with E-state index in [1.807, 2.05) is 6.07 Å². The molecule has 1 aromatic carbocycles. The van der Waals surface area contributed by atoms with Crippen LogP contribution in [0.1, 0.15) is 82.8 Å². The lowest BCUT2D eigenvalue weighted by Crippen LogP contribution is -2.65. The Labute approximate surface area is 317 Å². The van der Waals surface area contributed by atoms with Gasteiger partial charge in [-0.1, -0.05) is 31.6 Å². The SMILES string of the molecule is COc1ccc(C)c(C2CC3C4CC=C5CC(OC6O[C@H](CO)[C@@H](O[C@H]7O[C@H](CO)[C@@H](O)[C@H](O)[C@H]7O)[C@H](O)[C@H]6O)CCC5(C)C4CCC3(C)C2C(C)=O)c1. The number of fused-ring (bicyclic) bond motifs is 5. The molecule has 0 radical (unpaired) electrons. The van der Waals surface area contributed by atoms with Crippen molar-refractivity contribution in [2.24, 2.45) is 34.5 Å². The molecule has 7 N–H and O–H groups in total. The van der Waals surface area contributed by atoms with Gasteiger partial charge in [0.15, 0.2) is 12.6 Å². The van der Waals surface area contributed by atoms with Crippen LogP contribution in [0.4, 0.5) is 0 Å². The van der Waals surface area contributed by atoms with E-state index in [2.05, 4.69) is 39.0 Å². The van der Waals surface area contributed by atoms with E-state index in [-0.39, 0.29) is 34.6 Å². The first kappa shape index (κ1) is 40.2. The van der Waals surface area contributed by atoms with Gasteiger partial charge in [0.25, 0.3) is 0 Å². The predicted octanol–water partition coefficient (Wildman–Crippen LogP) is 1.87. The lowest BCUT2D eigenvalue weighted by atomic mass is 9.47. The fourth-order valence-electron chi connectivity index (χ4n) is 11.8. The second kappa shape index (κ2) is 15.4. The third kappa shape index (κ3) is 6.68. The molecule has 7 rings (SSSR count). The Balaban J connectivity index is 1.04. The summed E-state index contributed by atoms with van der Waals surface area (Å²) in [5.74, 6) is 2.53. The molecule has 6 aliphatic rings. The van der Waals surface area contributed by atoms with E-state index in [1.54, 1.807) is 14.0 Å². The molecule has 0 bridgehead atoms. The molecule has 18 atom stereocenters. The molecular weight excluding hydrogens is 700 g/mol. The Morgan fingerprint density at radius 2 is 1.56 bits per heavy atom. The number of methoxy groups -OCH3 is 1. The van der Waals surface area contributed by atoms with Crippen LogP contribution in [0.3, 0.4) is 0 Å². The molecule has 2 aliphatic heterocycles. The maximum Gasteiger partial charge on any atom is 0.187 e. The van der Waals surface area contributed by atoms with Crippen LogP contribution in [0.15, 0.2) is 29.8 Å². The molecule has 2 saturated heterocycles. The lowest BCUT2D eigenvalue weighted by molar-refractivity contribution is -0.363. The van der Waals surface area contributed by atoms with Crippen molar-refractivity contribution in [3.05, 3.63) is 41.0 Å². The summed E-state index contributed by atoms with van der Waals surface area (Å²) in [5.41, 5.74) is 3.63. The fraction of sp³-hybridized carbons (Fsp3) is 0.780. The highest BCUT2D eigenvalue weighted by Crippen LogP contribution is 2.69. The molecular formula is C41H60O13. The average molecular weight is 761 g/mol. The molecule has 1 aromatic rings. The van der Waals surface area contributed by atoms with Gasteiger partial charge in [-0.25, -0.2) is 0 Å². The maximum atomic E-state index is 13.5. The second-order valence-corrected chi connectivity index (χ2v) is 17.5. The van der Waals surface area contributed by atoms with Crippen LogP contribution < -0.4 is 4.74 Å². The number of allylic oxidation sites excluding steroid dienone is 1. The molecule has 0 aromatic heterocycles. The Morgan fingerprint density at radius 3 is 2.24 bits per heavy atom. The van der Waals surface area contributed by atoms with Crippen LogP contribution in [0.5, 0.6) is 5.75 Å². The average Bonchev–Trinajstić information content (AvgIpc) is 3.48. The van der Waals surface area contributed by atoms with Crippen molar-refractivity contribution in [1.82, 2.24) is 0 Å². The minimum absolute atomic E-state index is 0.0384. The Morgan fingerprint density at radius 1 is 0.870 bits per heavy atom. The Bertz CT molecular complexity index is 1550. The molecule has 3 saturated carbocycles. The van der Waals surface area contributed by atoms with Crippen LogP contribution in [-0.4, -0.2) is 129 Å². The van der Waals surface area contributed by atoms with Crippen molar-refractivity contribution in [1.29, 1.82) is 0 Å². The highest BCUT2D eigenvalue weighted by molar-refractivity contribution is 5.81. The van der Waals surface area contributed by atoms with Gasteiger partial charge >= 0.3 is 0 Å². The predicted molar refractivity (Wildman–Crippen MR) is 193 cm³/mol. The van der Waals surface area contributed by atoms with Gasteiger partial charge in [0.05, 0.1) is 26.4 Å². The lowest BCUT2D eigenvalue weighted by Gasteiger charge is -2.58. The molecule has 4 aliphatic carbocycles. The van der Waals surface area contributed by atoms with Gasteiger partial charge in [-0.2, -0.15) is 0 Å². The van der Waals surface area contributed by atoms with E-state index < -0.39 is 74.6 Å². The van der Waals surface area contributed by atoms with Crippen LogP contribution in [-0.2, 0) is 23.7 Å². The number of hydrogen-bond acceptors (Lipinski definition) is 13. The topological polar surface area (TPSA) is 205 Å². The van der Waals surface area contributed by atoms with Crippen molar-refractivity contribution in [3.8, 4) is 5.75 Å². The highest BCUT2D eigenvalue weighted by Gasteiger charge is 2.62. The number of hydrogen-bond donors (Lipinski definition) is 7. The van der Waals surface area contributed by atoms with E-state index in [9.17, 15) is 40.5 Å². The van der Waals surface area contributed by atoms with E-state index >= 15 is 0 Å². The van der Waals surface area contributed by atoms with Gasteiger partial charge in [0.1, 0.15) is 60.4 Å². The zero-order valence-corrected chi connectivity index (χ0v) is 32.0. The molecule has 13 nitrogen and oxygen atoms in total. The summed E-state index contributed by atoms with van der Waals surface area (Å²) in [5, 5.41) is 72.8. The summed E-state index contributed by atoms with van der Waals surface area (Å²) in [6.07, 6.45) is -6.63. The number of ketones is 1. The minimum atomic E-state index is -1.74. The number of aliphatic hydroxyl groups is 7. The van der Waals surface area contributed by atoms with Crippen molar-refractivity contribution < 1.29 is 64.2 Å². The number of ether oxygens (including phenoxy) is 5. The van der Waals surface area contributed by atoms with Crippen molar-refractivity contribution in [3.63, 3.8) is 0 Å². The molecule has 0 amide bonds. The third-order valence-electron chi connectivity index (χ3n) is 14.7. The van der Waals surface area contributed by atoms with Gasteiger partial charge in [-0.15, -0.1) is 0 Å². The van der Waals surface area contributed by atoms with E-state index in [4.69, 9.17) is 23.7 Å². The van der Waals surface area contributed by atoms with Crippen molar-refractivity contribution >= 4 is 5.78 Å². The van der Waals surface area contributed by atoms with Crippen LogP contribution >= 0.6 is 0 Å². The first-order chi connectivity index (χ1) is 25.7. The number of benzene rings is 1. The molecule has 0 spiro atoms. The molecule has 54 heavy (non-hydrogen) atoms.